The van der Waals surface area contributed by atoms with E-state index in [-0.39, 0.29) is 0 Å². The van der Waals surface area contributed by atoms with Gasteiger partial charge in [0.05, 0.1) is 22.1 Å². The minimum absolute atomic E-state index is 0.933. The van der Waals surface area contributed by atoms with Gasteiger partial charge in [0.1, 0.15) is 0 Å². The maximum absolute atomic E-state index is 4.01. The molecule has 0 radical (unpaired) electrons. The summed E-state index contributed by atoms with van der Waals surface area (Å²) in [6, 6.07) is 90.9. The van der Waals surface area contributed by atoms with Crippen molar-refractivity contribution in [3.63, 3.8) is 0 Å². The molecule has 0 saturated carbocycles. The highest BCUT2D eigenvalue weighted by Crippen LogP contribution is 2.44. The third kappa shape index (κ3) is 9.36. The highest BCUT2D eigenvalue weighted by molar-refractivity contribution is 6.13. The van der Waals surface area contributed by atoms with Gasteiger partial charge in [0.2, 0.25) is 0 Å². The van der Waals surface area contributed by atoms with Crippen molar-refractivity contribution in [3.8, 4) is 44.8 Å². The fraction of sp³-hybridized carbons (Fsp3) is 0.0250. The Bertz CT molecular complexity index is 4720. The highest BCUT2D eigenvalue weighted by atomic mass is 15.2. The van der Waals surface area contributed by atoms with E-state index in [1.54, 1.807) is 0 Å². The van der Waals surface area contributed by atoms with E-state index in [4.69, 9.17) is 0 Å². The smallest absolute Gasteiger partial charge is 0.0542 e. The zero-order valence-corrected chi connectivity index (χ0v) is 46.7. The Morgan fingerprint density at radius 1 is 0.310 bits per heavy atom. The van der Waals surface area contributed by atoms with Gasteiger partial charge in [0.25, 0.3) is 0 Å². The summed E-state index contributed by atoms with van der Waals surface area (Å²) >= 11 is 0. The van der Waals surface area contributed by atoms with Gasteiger partial charge in [0, 0.05) is 67.1 Å². The van der Waals surface area contributed by atoms with Gasteiger partial charge in [-0.05, 0) is 196 Å². The molecule has 2 aromatic heterocycles. The van der Waals surface area contributed by atoms with Crippen molar-refractivity contribution in [1.82, 2.24) is 9.13 Å². The monoisotopic (exact) mass is 1080 g/mol. The Hall–Kier alpha value is -10.9. The number of allylic oxidation sites excluding steroid dienone is 4. The Morgan fingerprint density at radius 3 is 1.06 bits per heavy atom. The maximum atomic E-state index is 4.01. The first-order valence-corrected chi connectivity index (χ1v) is 28.7. The van der Waals surface area contributed by atoms with Crippen LogP contribution in [0.4, 0.5) is 28.4 Å². The van der Waals surface area contributed by atoms with Crippen LogP contribution in [0.1, 0.15) is 35.1 Å². The molecule has 4 heteroatoms. The number of nitrogens with zero attached hydrogens (tertiary/aromatic N) is 4. The molecule has 84 heavy (non-hydrogen) atoms. The van der Waals surface area contributed by atoms with Crippen LogP contribution in [0, 0.1) is 0 Å². The average molecular weight is 1080 g/mol. The van der Waals surface area contributed by atoms with E-state index in [0.717, 1.165) is 119 Å². The van der Waals surface area contributed by atoms with Gasteiger partial charge in [-0.3, -0.25) is 0 Å². The van der Waals surface area contributed by atoms with Crippen LogP contribution in [-0.2, 0) is 0 Å². The zero-order chi connectivity index (χ0) is 56.7. The maximum Gasteiger partial charge on any atom is 0.0542 e. The standard InChI is InChI=1S/C80H60N4/c1-5-55-19-27-61(28-20-55)63-35-47-77-73(51-63)75-53-71(45-49-79(75)83(77)69-37-23-57(7-3)24-38-69)81(65-15-11-9-12-16-65)67-41-31-59(32-42-67)60-33-43-68(44-34-60)82(66-17-13-10-14-18-66)72-46-50-80-76(54-72)74-52-64(62-29-21-56(6-2)22-30-62)36-48-78(74)84(80)70-39-25-58(8-4)26-40-70/h5-13,15-17,19-54H,1-4,14,18H2. The lowest BCUT2D eigenvalue weighted by atomic mass is 10.0. The predicted octanol–water partition coefficient (Wildman–Crippen LogP) is 22.3. The van der Waals surface area contributed by atoms with Gasteiger partial charge in [-0.15, -0.1) is 0 Å². The van der Waals surface area contributed by atoms with Gasteiger partial charge >= 0.3 is 0 Å². The number of hydrogen-bond acceptors (Lipinski definition) is 2. The lowest BCUT2D eigenvalue weighted by molar-refractivity contribution is 0.918. The average Bonchev–Trinajstić information content (AvgIpc) is 3.85. The molecule has 0 bridgehead atoms. The van der Waals surface area contributed by atoms with Crippen LogP contribution in [0.25, 0.3) is 113 Å². The van der Waals surface area contributed by atoms with E-state index in [0.29, 0.717) is 0 Å². The molecule has 0 aliphatic heterocycles. The SMILES string of the molecule is C=Cc1ccc(-c2ccc3c(c2)c2cc(N(C4=CC=CCC4)c4ccc(-c5ccc(N(c6ccccc6)c6ccc7c(c6)c6cc(-c8ccc(C=C)cc8)ccc6n7-c6ccc(C=C)cc6)cc5)cc4)ccc2n3-c2ccc(C=C)cc2)cc1. The number of hydrogen-bond donors (Lipinski definition) is 0. The van der Waals surface area contributed by atoms with Crippen molar-refractivity contribution < 1.29 is 0 Å². The molecule has 1 aliphatic rings. The van der Waals surface area contributed by atoms with E-state index in [1.165, 1.54) is 38.4 Å². The molecule has 13 aromatic rings. The predicted molar refractivity (Wildman–Crippen MR) is 362 cm³/mol. The number of anilines is 5. The molecule has 0 fully saturated rings. The Labute approximate surface area is 491 Å². The molecule has 0 unspecified atom stereocenters. The highest BCUT2D eigenvalue weighted by Gasteiger charge is 2.22. The summed E-state index contributed by atoms with van der Waals surface area (Å²) in [5.74, 6) is 0. The fourth-order valence-electron chi connectivity index (χ4n) is 12.2. The quantitative estimate of drug-likeness (QED) is 0.102. The summed E-state index contributed by atoms with van der Waals surface area (Å²) in [7, 11) is 0. The molecule has 0 N–H and O–H groups in total. The van der Waals surface area contributed by atoms with E-state index in [2.05, 4.69) is 312 Å². The topological polar surface area (TPSA) is 16.3 Å². The first-order valence-electron chi connectivity index (χ1n) is 28.7. The second-order valence-corrected chi connectivity index (χ2v) is 21.5. The third-order valence-corrected chi connectivity index (χ3v) is 16.6. The zero-order valence-electron chi connectivity index (χ0n) is 46.7. The molecule has 0 spiro atoms. The van der Waals surface area contributed by atoms with E-state index < -0.39 is 0 Å². The van der Waals surface area contributed by atoms with Crippen LogP contribution in [-0.4, -0.2) is 9.13 Å². The van der Waals surface area contributed by atoms with Crippen molar-refractivity contribution in [2.24, 2.45) is 0 Å². The Balaban J connectivity index is 0.829. The summed E-state index contributed by atoms with van der Waals surface area (Å²) in [4.78, 5) is 4.81. The molecule has 0 saturated heterocycles. The molecule has 0 atom stereocenters. The fourth-order valence-corrected chi connectivity index (χ4v) is 12.2. The molecule has 2 heterocycles. The minimum Gasteiger partial charge on any atom is -0.314 e. The van der Waals surface area contributed by atoms with Gasteiger partial charge < -0.3 is 18.9 Å². The van der Waals surface area contributed by atoms with Crippen LogP contribution >= 0.6 is 0 Å². The molecule has 4 nitrogen and oxygen atoms in total. The van der Waals surface area contributed by atoms with E-state index in [9.17, 15) is 0 Å². The molecular weight excluding hydrogens is 1020 g/mol. The molecule has 14 rings (SSSR count). The van der Waals surface area contributed by atoms with Crippen LogP contribution in [0.5, 0.6) is 0 Å². The summed E-state index contributed by atoms with van der Waals surface area (Å²) in [5.41, 5.74) is 24.9. The van der Waals surface area contributed by atoms with Gasteiger partial charge in [-0.25, -0.2) is 0 Å². The Morgan fingerprint density at radius 2 is 0.643 bits per heavy atom. The van der Waals surface area contributed by atoms with Crippen molar-refractivity contribution in [2.75, 3.05) is 9.80 Å². The molecule has 11 aromatic carbocycles. The first kappa shape index (κ1) is 51.2. The minimum atomic E-state index is 0.933. The lowest BCUT2D eigenvalue weighted by Crippen LogP contribution is -2.17. The van der Waals surface area contributed by atoms with Crippen molar-refractivity contribution in [2.45, 2.75) is 12.8 Å². The summed E-state index contributed by atoms with van der Waals surface area (Å²) < 4.78 is 4.77. The number of rotatable bonds is 15. The van der Waals surface area contributed by atoms with Crippen molar-refractivity contribution in [3.05, 3.63) is 321 Å². The lowest BCUT2D eigenvalue weighted by Gasteiger charge is -2.29. The van der Waals surface area contributed by atoms with Crippen LogP contribution in [0.2, 0.25) is 0 Å². The van der Waals surface area contributed by atoms with E-state index in [1.807, 2.05) is 24.3 Å². The van der Waals surface area contributed by atoms with Gasteiger partial charge in [0.15, 0.2) is 0 Å². The largest absolute Gasteiger partial charge is 0.314 e. The van der Waals surface area contributed by atoms with Gasteiger partial charge in [-0.1, -0.05) is 190 Å². The number of fused-ring (bicyclic) bond motifs is 6. The second-order valence-electron chi connectivity index (χ2n) is 21.5. The van der Waals surface area contributed by atoms with E-state index >= 15 is 0 Å². The normalized spacial score (nSPS) is 12.2. The van der Waals surface area contributed by atoms with Crippen LogP contribution < -0.4 is 9.80 Å². The first-order chi connectivity index (χ1) is 41.4. The number of benzene rings is 11. The summed E-state index contributed by atoms with van der Waals surface area (Å²) in [5, 5.41) is 4.75. The van der Waals surface area contributed by atoms with Crippen LogP contribution in [0.15, 0.2) is 299 Å². The van der Waals surface area contributed by atoms with Crippen molar-refractivity contribution in [1.29, 1.82) is 0 Å². The Kier molecular flexibility index (Phi) is 13.3. The molecule has 400 valence electrons. The van der Waals surface area contributed by atoms with Gasteiger partial charge in [-0.2, -0.15) is 0 Å². The molecular formula is C80H60N4. The molecule has 1 aliphatic carbocycles. The number of aromatic nitrogens is 2. The van der Waals surface area contributed by atoms with Crippen LogP contribution in [0.3, 0.4) is 0 Å². The number of para-hydroxylation sites is 1. The molecule has 0 amide bonds. The summed E-state index contributed by atoms with van der Waals surface area (Å²) in [6.45, 7) is 16.0. The summed E-state index contributed by atoms with van der Waals surface area (Å²) in [6.07, 6.45) is 16.2. The second kappa shape index (κ2) is 21.8. The van der Waals surface area contributed by atoms with Crippen molar-refractivity contribution >= 4 is 96.4 Å². The third-order valence-electron chi connectivity index (χ3n) is 16.6.